The summed E-state index contributed by atoms with van der Waals surface area (Å²) in [5, 5.41) is 11.3. The molecule has 172 valence electrons. The quantitative estimate of drug-likeness (QED) is 0.191. The van der Waals surface area contributed by atoms with Crippen LogP contribution >= 0.6 is 23.8 Å². The van der Waals surface area contributed by atoms with Crippen molar-refractivity contribution >= 4 is 52.5 Å². The van der Waals surface area contributed by atoms with E-state index in [-0.39, 0.29) is 33.8 Å². The van der Waals surface area contributed by atoms with Gasteiger partial charge in [0, 0.05) is 26.2 Å². The Labute approximate surface area is 200 Å². The van der Waals surface area contributed by atoms with E-state index in [9.17, 15) is 19.7 Å². The van der Waals surface area contributed by atoms with Crippen molar-refractivity contribution < 1.29 is 24.0 Å². The van der Waals surface area contributed by atoms with E-state index in [0.29, 0.717) is 23.5 Å². The van der Waals surface area contributed by atoms with Crippen molar-refractivity contribution in [3.05, 3.63) is 68.2 Å². The average molecular weight is 490 g/mol. The van der Waals surface area contributed by atoms with Gasteiger partial charge in [-0.05, 0) is 48.5 Å². The van der Waals surface area contributed by atoms with Crippen LogP contribution in [0.1, 0.15) is 18.1 Å². The number of halogens is 1. The zero-order valence-electron chi connectivity index (χ0n) is 18.0. The van der Waals surface area contributed by atoms with Gasteiger partial charge in [0.25, 0.3) is 17.5 Å². The van der Waals surface area contributed by atoms with Gasteiger partial charge in [0.05, 0.1) is 16.6 Å². The number of non-ortho nitro benzene ring substituents is 1. The molecule has 0 spiro atoms. The molecule has 0 bridgehead atoms. The number of likely N-dealkylation sites (N-methyl/N-ethyl adjacent to an activating group) is 2. The van der Waals surface area contributed by atoms with Gasteiger partial charge in [-0.25, -0.2) is 0 Å². The standard InChI is InChI=1S/C22H20ClN3O6S/c1-4-31-18-11-14(9-16-20(27)24(2)22(33)25(3)21(16)28)10-17(23)19(18)32-12-13-6-5-7-15(8-13)26(29)30/h5-11H,4,12H2,1-3H3. The summed E-state index contributed by atoms with van der Waals surface area (Å²) in [5.74, 6) is -0.509. The number of amides is 2. The van der Waals surface area contributed by atoms with E-state index in [1.807, 2.05) is 0 Å². The molecule has 2 aromatic carbocycles. The van der Waals surface area contributed by atoms with E-state index in [4.69, 9.17) is 33.3 Å². The molecule has 1 saturated heterocycles. The van der Waals surface area contributed by atoms with Gasteiger partial charge in [0.15, 0.2) is 16.6 Å². The molecule has 1 fully saturated rings. The number of nitrogens with zero attached hydrogens (tertiary/aromatic N) is 3. The Morgan fingerprint density at radius 3 is 2.39 bits per heavy atom. The first-order valence-corrected chi connectivity index (χ1v) is 10.6. The Morgan fingerprint density at radius 2 is 1.79 bits per heavy atom. The minimum Gasteiger partial charge on any atom is -0.490 e. The van der Waals surface area contributed by atoms with E-state index in [0.717, 1.165) is 0 Å². The van der Waals surface area contributed by atoms with E-state index in [1.165, 1.54) is 48.2 Å². The SMILES string of the molecule is CCOc1cc(C=C2C(=O)N(C)C(=S)N(C)C2=O)cc(Cl)c1OCc1cccc([N+](=O)[O-])c1. The zero-order valence-corrected chi connectivity index (χ0v) is 19.6. The Morgan fingerprint density at radius 1 is 1.12 bits per heavy atom. The number of rotatable bonds is 7. The molecule has 33 heavy (non-hydrogen) atoms. The largest absolute Gasteiger partial charge is 0.490 e. The fourth-order valence-electron chi connectivity index (χ4n) is 3.13. The van der Waals surface area contributed by atoms with Gasteiger partial charge in [-0.3, -0.25) is 29.5 Å². The molecule has 1 aliphatic heterocycles. The molecule has 1 heterocycles. The molecule has 2 amide bonds. The van der Waals surface area contributed by atoms with Gasteiger partial charge in [-0.1, -0.05) is 23.7 Å². The van der Waals surface area contributed by atoms with Gasteiger partial charge in [0.2, 0.25) is 0 Å². The van der Waals surface area contributed by atoms with Crippen molar-refractivity contribution in [2.45, 2.75) is 13.5 Å². The van der Waals surface area contributed by atoms with Gasteiger partial charge in [-0.15, -0.1) is 0 Å². The van der Waals surface area contributed by atoms with Crippen molar-refractivity contribution in [1.82, 2.24) is 9.80 Å². The lowest BCUT2D eigenvalue weighted by atomic mass is 10.1. The van der Waals surface area contributed by atoms with Crippen LogP contribution in [0, 0.1) is 10.1 Å². The normalized spacial score (nSPS) is 13.9. The third-order valence-electron chi connectivity index (χ3n) is 4.79. The van der Waals surface area contributed by atoms with E-state index in [1.54, 1.807) is 25.1 Å². The number of hydrogen-bond donors (Lipinski definition) is 0. The van der Waals surface area contributed by atoms with Crippen LogP contribution in [0.5, 0.6) is 11.5 Å². The van der Waals surface area contributed by atoms with Gasteiger partial charge >= 0.3 is 0 Å². The molecule has 0 saturated carbocycles. The highest BCUT2D eigenvalue weighted by atomic mass is 35.5. The summed E-state index contributed by atoms with van der Waals surface area (Å²) >= 11 is 11.5. The molecular formula is C22H20ClN3O6S. The Hall–Kier alpha value is -3.50. The smallest absolute Gasteiger partial charge is 0.269 e. The number of carbonyl (C=O) groups excluding carboxylic acids is 2. The van der Waals surface area contributed by atoms with Crippen molar-refractivity contribution in [2.24, 2.45) is 0 Å². The number of carbonyl (C=O) groups is 2. The molecule has 0 N–H and O–H groups in total. The van der Waals surface area contributed by atoms with Crippen LogP contribution in [0.4, 0.5) is 5.69 Å². The molecule has 11 heteroatoms. The van der Waals surface area contributed by atoms with Crippen LogP contribution in [0.3, 0.4) is 0 Å². The maximum absolute atomic E-state index is 12.6. The highest BCUT2D eigenvalue weighted by Crippen LogP contribution is 2.38. The van der Waals surface area contributed by atoms with Crippen LogP contribution in [-0.4, -0.2) is 52.4 Å². The average Bonchev–Trinajstić information content (AvgIpc) is 2.79. The van der Waals surface area contributed by atoms with Crippen LogP contribution in [0.2, 0.25) is 5.02 Å². The van der Waals surface area contributed by atoms with Crippen molar-refractivity contribution in [3.63, 3.8) is 0 Å². The molecule has 0 radical (unpaired) electrons. The van der Waals surface area contributed by atoms with E-state index in [2.05, 4.69) is 0 Å². The summed E-state index contributed by atoms with van der Waals surface area (Å²) in [6.07, 6.45) is 1.41. The fraction of sp³-hybridized carbons (Fsp3) is 0.227. The number of ether oxygens (including phenoxy) is 2. The van der Waals surface area contributed by atoms with Gasteiger partial charge in [0.1, 0.15) is 12.2 Å². The minimum atomic E-state index is -0.525. The predicted octanol–water partition coefficient (Wildman–Crippen LogP) is 3.82. The molecule has 0 atom stereocenters. The molecule has 0 unspecified atom stereocenters. The first-order chi connectivity index (χ1) is 15.6. The van der Waals surface area contributed by atoms with E-state index >= 15 is 0 Å². The van der Waals surface area contributed by atoms with Crippen LogP contribution in [-0.2, 0) is 16.2 Å². The molecule has 1 aliphatic rings. The minimum absolute atomic E-state index is 0.0198. The second-order valence-electron chi connectivity index (χ2n) is 7.05. The Balaban J connectivity index is 1.93. The lowest BCUT2D eigenvalue weighted by Crippen LogP contribution is -2.52. The van der Waals surface area contributed by atoms with Crippen molar-refractivity contribution in [2.75, 3.05) is 20.7 Å². The lowest BCUT2D eigenvalue weighted by Gasteiger charge is -2.31. The topological polar surface area (TPSA) is 102 Å². The molecule has 0 aliphatic carbocycles. The van der Waals surface area contributed by atoms with Gasteiger partial charge in [-0.2, -0.15) is 0 Å². The second kappa shape index (κ2) is 9.97. The molecule has 2 aromatic rings. The summed E-state index contributed by atoms with van der Waals surface area (Å²) in [4.78, 5) is 38.1. The molecule has 0 aromatic heterocycles. The third kappa shape index (κ3) is 5.12. The predicted molar refractivity (Wildman–Crippen MR) is 126 cm³/mol. The number of nitro groups is 1. The first-order valence-electron chi connectivity index (χ1n) is 9.78. The molecule has 9 nitrogen and oxygen atoms in total. The lowest BCUT2D eigenvalue weighted by molar-refractivity contribution is -0.384. The number of nitro benzene ring substituents is 1. The summed E-state index contributed by atoms with van der Waals surface area (Å²) in [7, 11) is 2.98. The third-order valence-corrected chi connectivity index (χ3v) is 5.62. The van der Waals surface area contributed by atoms with E-state index < -0.39 is 16.7 Å². The second-order valence-corrected chi connectivity index (χ2v) is 7.82. The summed E-state index contributed by atoms with van der Waals surface area (Å²) in [5.41, 5.74) is 0.912. The zero-order chi connectivity index (χ0) is 24.3. The first kappa shape index (κ1) is 24.1. The van der Waals surface area contributed by atoms with Crippen LogP contribution in [0.15, 0.2) is 42.0 Å². The Bertz CT molecular complexity index is 1160. The highest BCUT2D eigenvalue weighted by Gasteiger charge is 2.35. The summed E-state index contributed by atoms with van der Waals surface area (Å²) in [6.45, 7) is 2.11. The van der Waals surface area contributed by atoms with Crippen LogP contribution in [0.25, 0.3) is 6.08 Å². The maximum Gasteiger partial charge on any atom is 0.269 e. The number of thiocarbonyl (C=S) groups is 1. The summed E-state index contributed by atoms with van der Waals surface area (Å²) in [6, 6.07) is 9.18. The molecule has 3 rings (SSSR count). The monoisotopic (exact) mass is 489 g/mol. The fourth-order valence-corrected chi connectivity index (χ4v) is 3.57. The van der Waals surface area contributed by atoms with Gasteiger partial charge < -0.3 is 9.47 Å². The Kier molecular flexibility index (Phi) is 7.29. The van der Waals surface area contributed by atoms with Crippen molar-refractivity contribution in [3.8, 4) is 11.5 Å². The number of benzene rings is 2. The number of hydrogen-bond acceptors (Lipinski definition) is 7. The molecular weight excluding hydrogens is 470 g/mol. The highest BCUT2D eigenvalue weighted by molar-refractivity contribution is 7.80. The summed E-state index contributed by atoms with van der Waals surface area (Å²) < 4.78 is 11.5. The van der Waals surface area contributed by atoms with Crippen molar-refractivity contribution in [1.29, 1.82) is 0 Å². The maximum atomic E-state index is 12.6. The van der Waals surface area contributed by atoms with Crippen LogP contribution < -0.4 is 9.47 Å².